The van der Waals surface area contributed by atoms with Crippen LogP contribution >= 0.6 is 0 Å². The van der Waals surface area contributed by atoms with E-state index in [1.165, 1.54) is 0 Å². The van der Waals surface area contributed by atoms with Crippen LogP contribution in [-0.4, -0.2) is 17.2 Å². The number of amides is 1. The van der Waals surface area contributed by atoms with E-state index in [9.17, 15) is 10.0 Å². The van der Waals surface area contributed by atoms with Crippen molar-refractivity contribution in [3.8, 4) is 5.75 Å². The summed E-state index contributed by atoms with van der Waals surface area (Å²) in [6.45, 7) is 1.84. The van der Waals surface area contributed by atoms with Crippen LogP contribution in [0, 0.1) is 0 Å². The van der Waals surface area contributed by atoms with Crippen molar-refractivity contribution in [2.45, 2.75) is 19.4 Å². The van der Waals surface area contributed by atoms with Gasteiger partial charge in [0.15, 0.2) is 6.10 Å². The SMILES string of the molecule is CCC1Oc2ccccc2N(O)C1=O. The number of rotatable bonds is 1. The number of nitrogens with zero attached hydrogens (tertiary/aromatic N) is 1. The number of para-hydroxylation sites is 2. The van der Waals surface area contributed by atoms with Crippen LogP contribution in [0.25, 0.3) is 0 Å². The van der Waals surface area contributed by atoms with Crippen molar-refractivity contribution in [3.63, 3.8) is 0 Å². The smallest absolute Gasteiger partial charge is 0.291 e. The van der Waals surface area contributed by atoms with Crippen molar-refractivity contribution in [1.29, 1.82) is 0 Å². The van der Waals surface area contributed by atoms with E-state index in [1.807, 2.05) is 6.92 Å². The van der Waals surface area contributed by atoms with Gasteiger partial charge in [-0.1, -0.05) is 19.1 Å². The minimum atomic E-state index is -0.574. The molecule has 1 N–H and O–H groups in total. The van der Waals surface area contributed by atoms with Crippen LogP contribution < -0.4 is 9.80 Å². The molecule has 0 saturated carbocycles. The van der Waals surface area contributed by atoms with Crippen molar-refractivity contribution in [1.82, 2.24) is 0 Å². The molecule has 74 valence electrons. The minimum Gasteiger partial charge on any atom is -0.478 e. The summed E-state index contributed by atoms with van der Waals surface area (Å²) in [4.78, 5) is 11.5. The van der Waals surface area contributed by atoms with E-state index in [4.69, 9.17) is 4.74 Å². The van der Waals surface area contributed by atoms with Crippen LogP contribution in [0.15, 0.2) is 24.3 Å². The first-order valence-electron chi connectivity index (χ1n) is 4.52. The van der Waals surface area contributed by atoms with Crippen LogP contribution in [0.1, 0.15) is 13.3 Å². The van der Waals surface area contributed by atoms with Gasteiger partial charge in [-0.25, -0.2) is 0 Å². The van der Waals surface area contributed by atoms with Crippen LogP contribution in [0.4, 0.5) is 5.69 Å². The number of fused-ring (bicyclic) bond motifs is 1. The van der Waals surface area contributed by atoms with Gasteiger partial charge in [-0.05, 0) is 18.6 Å². The molecule has 0 saturated heterocycles. The molecule has 0 bridgehead atoms. The highest BCUT2D eigenvalue weighted by Crippen LogP contribution is 2.32. The average molecular weight is 193 g/mol. The van der Waals surface area contributed by atoms with Crippen molar-refractivity contribution in [3.05, 3.63) is 24.3 Å². The Labute approximate surface area is 81.7 Å². The van der Waals surface area contributed by atoms with Crippen LogP contribution in [0.3, 0.4) is 0 Å². The third-order valence-electron chi connectivity index (χ3n) is 2.22. The lowest BCUT2D eigenvalue weighted by Gasteiger charge is -2.29. The number of ether oxygens (including phenoxy) is 1. The average Bonchev–Trinajstić information content (AvgIpc) is 2.23. The van der Waals surface area contributed by atoms with E-state index in [-0.39, 0.29) is 0 Å². The highest BCUT2D eigenvalue weighted by Gasteiger charge is 2.32. The van der Waals surface area contributed by atoms with Gasteiger partial charge in [0, 0.05) is 0 Å². The third-order valence-corrected chi connectivity index (χ3v) is 2.22. The molecule has 1 unspecified atom stereocenters. The monoisotopic (exact) mass is 193 g/mol. The molecule has 1 atom stereocenters. The Hall–Kier alpha value is -1.55. The summed E-state index contributed by atoms with van der Waals surface area (Å²) in [7, 11) is 0. The van der Waals surface area contributed by atoms with Gasteiger partial charge < -0.3 is 4.74 Å². The van der Waals surface area contributed by atoms with Crippen LogP contribution in [0.2, 0.25) is 0 Å². The highest BCUT2D eigenvalue weighted by molar-refractivity contribution is 5.97. The molecule has 0 spiro atoms. The summed E-state index contributed by atoms with van der Waals surface area (Å²) in [5, 5.41) is 10.2. The maximum atomic E-state index is 11.5. The first-order chi connectivity index (χ1) is 6.74. The van der Waals surface area contributed by atoms with Gasteiger partial charge in [0.1, 0.15) is 11.4 Å². The van der Waals surface area contributed by atoms with Gasteiger partial charge in [-0.2, -0.15) is 5.06 Å². The Bertz CT molecular complexity index is 364. The molecular weight excluding hydrogens is 182 g/mol. The molecular formula is C10H11NO3. The predicted octanol–water partition coefficient (Wildman–Crippen LogP) is 1.58. The largest absolute Gasteiger partial charge is 0.478 e. The molecule has 1 aliphatic heterocycles. The van der Waals surface area contributed by atoms with Crippen LogP contribution in [-0.2, 0) is 4.79 Å². The molecule has 14 heavy (non-hydrogen) atoms. The number of carbonyl (C=O) groups is 1. The first kappa shape index (κ1) is 9.02. The Morgan fingerprint density at radius 3 is 2.93 bits per heavy atom. The van der Waals surface area contributed by atoms with Crippen molar-refractivity contribution in [2.75, 3.05) is 5.06 Å². The van der Waals surface area contributed by atoms with Gasteiger partial charge in [0.2, 0.25) is 0 Å². The van der Waals surface area contributed by atoms with Crippen molar-refractivity contribution >= 4 is 11.6 Å². The Morgan fingerprint density at radius 1 is 1.50 bits per heavy atom. The Balaban J connectivity index is 2.42. The lowest BCUT2D eigenvalue weighted by molar-refractivity contribution is -0.132. The maximum absolute atomic E-state index is 11.5. The number of hydroxylamine groups is 1. The van der Waals surface area contributed by atoms with E-state index < -0.39 is 12.0 Å². The molecule has 2 rings (SSSR count). The molecule has 4 heteroatoms. The molecule has 0 fully saturated rings. The topological polar surface area (TPSA) is 49.8 Å². The summed E-state index contributed by atoms with van der Waals surface area (Å²) < 4.78 is 5.41. The number of hydrogen-bond acceptors (Lipinski definition) is 3. The fraction of sp³-hybridized carbons (Fsp3) is 0.300. The van der Waals surface area contributed by atoms with Gasteiger partial charge in [-0.15, -0.1) is 0 Å². The summed E-state index contributed by atoms with van der Waals surface area (Å²) in [5.74, 6) is 0.132. The molecule has 1 aromatic rings. The fourth-order valence-electron chi connectivity index (χ4n) is 1.45. The molecule has 1 amide bonds. The minimum absolute atomic E-state index is 0.405. The zero-order valence-electron chi connectivity index (χ0n) is 7.80. The number of benzene rings is 1. The maximum Gasteiger partial charge on any atom is 0.291 e. The van der Waals surface area contributed by atoms with Gasteiger partial charge in [0.05, 0.1) is 0 Å². The molecule has 0 radical (unpaired) electrons. The second-order valence-corrected chi connectivity index (χ2v) is 3.13. The Kier molecular flexibility index (Phi) is 2.13. The standard InChI is InChI=1S/C10H11NO3/c1-2-8-10(12)11(13)7-5-3-4-6-9(7)14-8/h3-6,8,13H,2H2,1H3. The molecule has 1 aromatic carbocycles. The summed E-state index contributed by atoms with van der Waals surface area (Å²) in [5.41, 5.74) is 0.405. The van der Waals surface area contributed by atoms with Gasteiger partial charge >= 0.3 is 0 Å². The van der Waals surface area contributed by atoms with E-state index in [0.29, 0.717) is 22.9 Å². The summed E-state index contributed by atoms with van der Waals surface area (Å²) >= 11 is 0. The summed E-state index contributed by atoms with van der Waals surface area (Å²) in [6.07, 6.45) is -0.0283. The van der Waals surface area contributed by atoms with Crippen molar-refractivity contribution in [2.24, 2.45) is 0 Å². The van der Waals surface area contributed by atoms with E-state index in [0.717, 1.165) is 0 Å². The first-order valence-corrected chi connectivity index (χ1v) is 4.52. The quantitative estimate of drug-likeness (QED) is 0.689. The molecule has 0 aromatic heterocycles. The van der Waals surface area contributed by atoms with E-state index in [2.05, 4.69) is 0 Å². The normalized spacial score (nSPS) is 20.3. The number of anilines is 1. The number of carbonyl (C=O) groups excluding carboxylic acids is 1. The third kappa shape index (κ3) is 1.24. The highest BCUT2D eigenvalue weighted by atomic mass is 16.6. The predicted molar refractivity (Wildman–Crippen MR) is 50.4 cm³/mol. The van der Waals surface area contributed by atoms with E-state index in [1.54, 1.807) is 24.3 Å². The lowest BCUT2D eigenvalue weighted by atomic mass is 10.2. The molecule has 4 nitrogen and oxygen atoms in total. The summed E-state index contributed by atoms with van der Waals surface area (Å²) in [6, 6.07) is 6.91. The van der Waals surface area contributed by atoms with Crippen LogP contribution in [0.5, 0.6) is 5.75 Å². The van der Waals surface area contributed by atoms with E-state index >= 15 is 0 Å². The zero-order valence-corrected chi connectivity index (χ0v) is 7.80. The second-order valence-electron chi connectivity index (χ2n) is 3.13. The Morgan fingerprint density at radius 2 is 2.21 bits per heavy atom. The van der Waals surface area contributed by atoms with Crippen molar-refractivity contribution < 1.29 is 14.7 Å². The number of hydrogen-bond donors (Lipinski definition) is 1. The fourth-order valence-corrected chi connectivity index (χ4v) is 1.45. The second kappa shape index (κ2) is 3.31. The molecule has 1 aliphatic rings. The molecule has 0 aliphatic carbocycles. The van der Waals surface area contributed by atoms with Gasteiger partial charge in [0.25, 0.3) is 5.91 Å². The zero-order chi connectivity index (χ0) is 10.1. The molecule has 1 heterocycles. The lowest BCUT2D eigenvalue weighted by Crippen LogP contribution is -2.43. The van der Waals surface area contributed by atoms with Gasteiger partial charge in [-0.3, -0.25) is 10.0 Å².